The van der Waals surface area contributed by atoms with Gasteiger partial charge in [0.05, 0.1) is 0 Å². The molecule has 23 heavy (non-hydrogen) atoms. The van der Waals surface area contributed by atoms with Gasteiger partial charge in [0, 0.05) is 18.8 Å². The third-order valence-electron chi connectivity index (χ3n) is 3.18. The number of carbonyl (C=O) groups excluding carboxylic acids is 2. The predicted molar refractivity (Wildman–Crippen MR) is 84.1 cm³/mol. The molecule has 0 unspecified atom stereocenters. The lowest BCUT2D eigenvalue weighted by Crippen LogP contribution is -2.34. The lowest BCUT2D eigenvalue weighted by molar-refractivity contribution is -0.136. The van der Waals surface area contributed by atoms with Crippen LogP contribution in [0.5, 0.6) is 0 Å². The largest absolute Gasteiger partial charge is 0.396 e. The Kier molecular flexibility index (Phi) is 5.82. The Morgan fingerprint density at radius 3 is 2.13 bits per heavy atom. The number of anilines is 1. The highest BCUT2D eigenvalue weighted by atomic mass is 19.1. The minimum atomic E-state index is -0.776. The molecule has 0 aliphatic carbocycles. The van der Waals surface area contributed by atoms with Gasteiger partial charge in [-0.3, -0.25) is 9.59 Å². The zero-order valence-corrected chi connectivity index (χ0v) is 12.4. The van der Waals surface area contributed by atoms with Gasteiger partial charge in [0.15, 0.2) is 0 Å². The highest BCUT2D eigenvalue weighted by molar-refractivity contribution is 6.39. The van der Waals surface area contributed by atoms with Crippen molar-refractivity contribution in [2.45, 2.75) is 13.0 Å². The van der Waals surface area contributed by atoms with Gasteiger partial charge in [-0.1, -0.05) is 24.3 Å². The summed E-state index contributed by atoms with van der Waals surface area (Å²) in [4.78, 5) is 23.5. The van der Waals surface area contributed by atoms with E-state index in [0.29, 0.717) is 17.7 Å². The quantitative estimate of drug-likeness (QED) is 0.733. The summed E-state index contributed by atoms with van der Waals surface area (Å²) in [6, 6.07) is 12.5. The van der Waals surface area contributed by atoms with Gasteiger partial charge in [-0.05, 0) is 41.8 Å². The second-order valence-corrected chi connectivity index (χ2v) is 4.93. The Bertz CT molecular complexity index is 669. The number of amides is 2. The van der Waals surface area contributed by atoms with Crippen molar-refractivity contribution in [3.63, 3.8) is 0 Å². The first-order valence-corrected chi connectivity index (χ1v) is 7.12. The predicted octanol–water partition coefficient (Wildman–Crippen LogP) is 1.62. The standard InChI is InChI=1S/C17H17FN2O3/c18-14-5-1-13(2-6-14)11-19-16(22)17(23)20-15-7-3-12(4-8-15)9-10-21/h1-8,21H,9-11H2,(H,19,22)(H,20,23). The molecule has 2 aromatic rings. The van der Waals surface area contributed by atoms with Gasteiger partial charge < -0.3 is 15.7 Å². The van der Waals surface area contributed by atoms with Crippen LogP contribution in [0.15, 0.2) is 48.5 Å². The monoisotopic (exact) mass is 316 g/mol. The molecule has 0 radical (unpaired) electrons. The zero-order chi connectivity index (χ0) is 16.7. The topological polar surface area (TPSA) is 78.4 Å². The summed E-state index contributed by atoms with van der Waals surface area (Å²) in [6.07, 6.45) is 0.534. The van der Waals surface area contributed by atoms with Crippen LogP contribution in [0.25, 0.3) is 0 Å². The van der Waals surface area contributed by atoms with Crippen molar-refractivity contribution in [2.24, 2.45) is 0 Å². The molecular formula is C17H17FN2O3. The van der Waals surface area contributed by atoms with E-state index in [9.17, 15) is 14.0 Å². The second-order valence-electron chi connectivity index (χ2n) is 4.93. The molecule has 0 heterocycles. The highest BCUT2D eigenvalue weighted by Crippen LogP contribution is 2.10. The van der Waals surface area contributed by atoms with Crippen molar-refractivity contribution in [2.75, 3.05) is 11.9 Å². The Labute approximate surface area is 133 Å². The Balaban J connectivity index is 1.84. The van der Waals surface area contributed by atoms with Gasteiger partial charge in [-0.2, -0.15) is 0 Å². The first-order valence-electron chi connectivity index (χ1n) is 7.12. The van der Waals surface area contributed by atoms with Crippen molar-refractivity contribution in [1.82, 2.24) is 5.32 Å². The van der Waals surface area contributed by atoms with E-state index in [1.54, 1.807) is 24.3 Å². The number of aliphatic hydroxyl groups excluding tert-OH is 1. The summed E-state index contributed by atoms with van der Waals surface area (Å²) >= 11 is 0. The molecule has 0 aliphatic heterocycles. The van der Waals surface area contributed by atoms with E-state index >= 15 is 0 Å². The molecule has 2 amide bonds. The average molecular weight is 316 g/mol. The van der Waals surface area contributed by atoms with Crippen molar-refractivity contribution >= 4 is 17.5 Å². The van der Waals surface area contributed by atoms with Crippen LogP contribution in [0.3, 0.4) is 0 Å². The normalized spacial score (nSPS) is 10.2. The Morgan fingerprint density at radius 1 is 0.913 bits per heavy atom. The molecule has 0 spiro atoms. The van der Waals surface area contributed by atoms with Crippen LogP contribution in [0.4, 0.5) is 10.1 Å². The van der Waals surface area contributed by atoms with E-state index in [-0.39, 0.29) is 19.0 Å². The fourth-order valence-corrected chi connectivity index (χ4v) is 1.94. The minimum absolute atomic E-state index is 0.0531. The van der Waals surface area contributed by atoms with E-state index in [1.165, 1.54) is 24.3 Å². The van der Waals surface area contributed by atoms with Crippen LogP contribution in [-0.4, -0.2) is 23.5 Å². The SMILES string of the molecule is O=C(NCc1ccc(F)cc1)C(=O)Nc1ccc(CCO)cc1. The fourth-order valence-electron chi connectivity index (χ4n) is 1.94. The zero-order valence-electron chi connectivity index (χ0n) is 12.4. The summed E-state index contributed by atoms with van der Waals surface area (Å²) in [5, 5.41) is 13.8. The van der Waals surface area contributed by atoms with Crippen LogP contribution in [0, 0.1) is 5.82 Å². The molecule has 2 aromatic carbocycles. The number of hydrogen-bond acceptors (Lipinski definition) is 3. The molecule has 5 nitrogen and oxygen atoms in total. The molecule has 0 aliphatic rings. The summed E-state index contributed by atoms with van der Waals surface area (Å²) < 4.78 is 12.8. The van der Waals surface area contributed by atoms with E-state index < -0.39 is 11.8 Å². The molecule has 0 aromatic heterocycles. The first-order chi connectivity index (χ1) is 11.1. The van der Waals surface area contributed by atoms with E-state index in [1.807, 2.05) is 0 Å². The summed E-state index contributed by atoms with van der Waals surface area (Å²) in [6.45, 7) is 0.194. The average Bonchev–Trinajstić information content (AvgIpc) is 2.56. The van der Waals surface area contributed by atoms with Gasteiger partial charge in [-0.25, -0.2) is 4.39 Å². The molecule has 0 atom stereocenters. The maximum atomic E-state index is 12.8. The Morgan fingerprint density at radius 2 is 1.52 bits per heavy atom. The number of benzene rings is 2. The summed E-state index contributed by atoms with van der Waals surface area (Å²) in [5.74, 6) is -1.90. The maximum absolute atomic E-state index is 12.8. The summed E-state index contributed by atoms with van der Waals surface area (Å²) in [7, 11) is 0. The fraction of sp³-hybridized carbons (Fsp3) is 0.176. The van der Waals surface area contributed by atoms with Gasteiger partial charge in [0.25, 0.3) is 0 Å². The van der Waals surface area contributed by atoms with Crippen LogP contribution in [-0.2, 0) is 22.6 Å². The number of rotatable bonds is 5. The van der Waals surface area contributed by atoms with Crippen LogP contribution in [0.1, 0.15) is 11.1 Å². The molecule has 6 heteroatoms. The van der Waals surface area contributed by atoms with Gasteiger partial charge >= 0.3 is 11.8 Å². The van der Waals surface area contributed by atoms with Gasteiger partial charge in [0.2, 0.25) is 0 Å². The minimum Gasteiger partial charge on any atom is -0.396 e. The van der Waals surface area contributed by atoms with Crippen LogP contribution in [0.2, 0.25) is 0 Å². The number of nitrogens with one attached hydrogen (secondary N) is 2. The second kappa shape index (κ2) is 8.05. The number of halogens is 1. The number of hydrogen-bond donors (Lipinski definition) is 3. The third-order valence-corrected chi connectivity index (χ3v) is 3.18. The van der Waals surface area contributed by atoms with Crippen molar-refractivity contribution in [1.29, 1.82) is 0 Å². The van der Waals surface area contributed by atoms with Crippen molar-refractivity contribution in [3.8, 4) is 0 Å². The first kappa shape index (κ1) is 16.6. The Hall–Kier alpha value is -2.73. The molecule has 0 saturated carbocycles. The number of carbonyl (C=O) groups is 2. The van der Waals surface area contributed by atoms with E-state index in [4.69, 9.17) is 5.11 Å². The molecule has 0 saturated heterocycles. The molecule has 2 rings (SSSR count). The maximum Gasteiger partial charge on any atom is 0.313 e. The lowest BCUT2D eigenvalue weighted by Gasteiger charge is -2.07. The van der Waals surface area contributed by atoms with E-state index in [2.05, 4.69) is 10.6 Å². The number of aliphatic hydroxyl groups is 1. The van der Waals surface area contributed by atoms with Crippen molar-refractivity contribution in [3.05, 3.63) is 65.5 Å². The molecule has 3 N–H and O–H groups in total. The molecule has 0 bridgehead atoms. The lowest BCUT2D eigenvalue weighted by atomic mass is 10.1. The molecule has 0 fully saturated rings. The smallest absolute Gasteiger partial charge is 0.313 e. The van der Waals surface area contributed by atoms with Gasteiger partial charge in [0.1, 0.15) is 5.82 Å². The molecular weight excluding hydrogens is 299 g/mol. The van der Waals surface area contributed by atoms with Crippen molar-refractivity contribution < 1.29 is 19.1 Å². The van der Waals surface area contributed by atoms with Gasteiger partial charge in [-0.15, -0.1) is 0 Å². The van der Waals surface area contributed by atoms with E-state index in [0.717, 1.165) is 5.56 Å². The van der Waals surface area contributed by atoms with Crippen LogP contribution < -0.4 is 10.6 Å². The summed E-state index contributed by atoms with van der Waals surface area (Å²) in [5.41, 5.74) is 2.13. The molecule has 120 valence electrons. The third kappa shape index (κ3) is 5.19. The highest BCUT2D eigenvalue weighted by Gasteiger charge is 2.13. The van der Waals surface area contributed by atoms with Crippen LogP contribution >= 0.6 is 0 Å².